The standard InChI is InChI=1S/C5H9N3O2/c6-3(9)5(4(7)10)1-8-2-5/h8H,1-2H2,(H2,6,9)(H2,7,10). The maximum Gasteiger partial charge on any atom is 0.235 e. The first kappa shape index (κ1) is 7.01. The largest absolute Gasteiger partial charge is 0.369 e. The molecule has 0 atom stereocenters. The molecule has 5 nitrogen and oxygen atoms in total. The molecule has 1 rings (SSSR count). The van der Waals surface area contributed by atoms with Gasteiger partial charge in [0.2, 0.25) is 11.8 Å². The third-order valence-electron chi connectivity index (χ3n) is 1.80. The highest BCUT2D eigenvalue weighted by Crippen LogP contribution is 2.20. The molecule has 0 unspecified atom stereocenters. The van der Waals surface area contributed by atoms with E-state index in [4.69, 9.17) is 11.5 Å². The van der Waals surface area contributed by atoms with Crippen LogP contribution in [0.5, 0.6) is 0 Å². The maximum atomic E-state index is 10.6. The van der Waals surface area contributed by atoms with Gasteiger partial charge in [0, 0.05) is 13.1 Å². The third kappa shape index (κ3) is 0.672. The highest BCUT2D eigenvalue weighted by atomic mass is 16.2. The highest BCUT2D eigenvalue weighted by molar-refractivity contribution is 6.05. The summed E-state index contributed by atoms with van der Waals surface area (Å²) in [5.41, 5.74) is 8.80. The van der Waals surface area contributed by atoms with Gasteiger partial charge in [-0.1, -0.05) is 0 Å². The molecule has 1 saturated heterocycles. The summed E-state index contributed by atoms with van der Waals surface area (Å²) in [5, 5.41) is 2.76. The van der Waals surface area contributed by atoms with Crippen LogP contribution in [-0.4, -0.2) is 24.9 Å². The van der Waals surface area contributed by atoms with Gasteiger partial charge < -0.3 is 16.8 Å². The zero-order chi connectivity index (χ0) is 7.78. The zero-order valence-corrected chi connectivity index (χ0v) is 5.39. The van der Waals surface area contributed by atoms with E-state index in [1.807, 2.05) is 0 Å². The molecule has 0 aromatic carbocycles. The predicted molar refractivity (Wildman–Crippen MR) is 33.7 cm³/mol. The van der Waals surface area contributed by atoms with Gasteiger partial charge >= 0.3 is 0 Å². The lowest BCUT2D eigenvalue weighted by Crippen LogP contribution is -2.66. The van der Waals surface area contributed by atoms with E-state index in [1.165, 1.54) is 0 Å². The number of primary amides is 2. The predicted octanol–water partition coefficient (Wildman–Crippen LogP) is -2.45. The molecule has 0 aromatic rings. The molecule has 0 radical (unpaired) electrons. The molecule has 5 heteroatoms. The van der Waals surface area contributed by atoms with E-state index in [0.717, 1.165) is 0 Å². The van der Waals surface area contributed by atoms with Gasteiger partial charge in [-0.15, -0.1) is 0 Å². The number of nitrogens with one attached hydrogen (secondary N) is 1. The Hall–Kier alpha value is -1.10. The summed E-state index contributed by atoms with van der Waals surface area (Å²) >= 11 is 0. The molecule has 0 aromatic heterocycles. The second-order valence-corrected chi connectivity index (χ2v) is 2.41. The van der Waals surface area contributed by atoms with Gasteiger partial charge in [-0.05, 0) is 0 Å². The van der Waals surface area contributed by atoms with E-state index in [0.29, 0.717) is 0 Å². The normalized spacial score (nSPS) is 21.2. The Balaban J connectivity index is 2.78. The van der Waals surface area contributed by atoms with Gasteiger partial charge in [0.1, 0.15) is 0 Å². The number of carbonyl (C=O) groups excluding carboxylic acids is 2. The van der Waals surface area contributed by atoms with Crippen LogP contribution >= 0.6 is 0 Å². The van der Waals surface area contributed by atoms with Gasteiger partial charge in [0.15, 0.2) is 5.41 Å². The molecule has 1 aliphatic heterocycles. The minimum atomic E-state index is -1.11. The van der Waals surface area contributed by atoms with E-state index in [-0.39, 0.29) is 13.1 Å². The molecule has 1 fully saturated rings. The van der Waals surface area contributed by atoms with Gasteiger partial charge in [0.05, 0.1) is 0 Å². The topological polar surface area (TPSA) is 98.2 Å². The van der Waals surface area contributed by atoms with Crippen LogP contribution in [0.2, 0.25) is 0 Å². The van der Waals surface area contributed by atoms with Crippen LogP contribution in [0.4, 0.5) is 0 Å². The Morgan fingerprint density at radius 3 is 1.60 bits per heavy atom. The van der Waals surface area contributed by atoms with Crippen LogP contribution in [0.25, 0.3) is 0 Å². The smallest absolute Gasteiger partial charge is 0.235 e. The Labute approximate surface area is 57.7 Å². The van der Waals surface area contributed by atoms with Crippen LogP contribution in [-0.2, 0) is 9.59 Å². The summed E-state index contributed by atoms with van der Waals surface area (Å²) in [4.78, 5) is 21.3. The van der Waals surface area contributed by atoms with Crippen molar-refractivity contribution >= 4 is 11.8 Å². The molecule has 0 bridgehead atoms. The second-order valence-electron chi connectivity index (χ2n) is 2.41. The number of carbonyl (C=O) groups is 2. The minimum absolute atomic E-state index is 0.275. The fourth-order valence-electron chi connectivity index (χ4n) is 0.845. The maximum absolute atomic E-state index is 10.6. The number of rotatable bonds is 2. The molecule has 2 amide bonds. The van der Waals surface area contributed by atoms with Crippen LogP contribution in [0.3, 0.4) is 0 Å². The molecule has 0 saturated carbocycles. The Bertz CT molecular complexity index is 169. The monoisotopic (exact) mass is 143 g/mol. The first-order valence-electron chi connectivity index (χ1n) is 2.90. The summed E-state index contributed by atoms with van der Waals surface area (Å²) in [5.74, 6) is -1.28. The molecule has 5 N–H and O–H groups in total. The lowest BCUT2D eigenvalue weighted by atomic mass is 9.80. The van der Waals surface area contributed by atoms with Gasteiger partial charge in [-0.3, -0.25) is 9.59 Å². The van der Waals surface area contributed by atoms with Crippen molar-refractivity contribution in [1.29, 1.82) is 0 Å². The van der Waals surface area contributed by atoms with Crippen molar-refractivity contribution in [2.75, 3.05) is 13.1 Å². The average Bonchev–Trinajstić information content (AvgIpc) is 1.57. The van der Waals surface area contributed by atoms with Crippen molar-refractivity contribution in [3.63, 3.8) is 0 Å². The van der Waals surface area contributed by atoms with Crippen molar-refractivity contribution in [2.45, 2.75) is 0 Å². The summed E-state index contributed by atoms with van der Waals surface area (Å²) in [6.07, 6.45) is 0. The summed E-state index contributed by atoms with van der Waals surface area (Å²) < 4.78 is 0. The van der Waals surface area contributed by atoms with E-state index >= 15 is 0 Å². The fourth-order valence-corrected chi connectivity index (χ4v) is 0.845. The highest BCUT2D eigenvalue weighted by Gasteiger charge is 2.48. The van der Waals surface area contributed by atoms with Crippen molar-refractivity contribution in [3.05, 3.63) is 0 Å². The summed E-state index contributed by atoms with van der Waals surface area (Å²) in [6.45, 7) is 0.551. The first-order valence-corrected chi connectivity index (χ1v) is 2.90. The Morgan fingerprint density at radius 2 is 1.60 bits per heavy atom. The lowest BCUT2D eigenvalue weighted by Gasteiger charge is -2.36. The fraction of sp³-hybridized carbons (Fsp3) is 0.600. The van der Waals surface area contributed by atoms with Crippen molar-refractivity contribution in [2.24, 2.45) is 16.9 Å². The van der Waals surface area contributed by atoms with Crippen LogP contribution < -0.4 is 16.8 Å². The van der Waals surface area contributed by atoms with Crippen molar-refractivity contribution < 1.29 is 9.59 Å². The van der Waals surface area contributed by atoms with Crippen molar-refractivity contribution in [3.8, 4) is 0 Å². The van der Waals surface area contributed by atoms with Crippen LogP contribution in [0.15, 0.2) is 0 Å². The number of hydrogen-bond donors (Lipinski definition) is 3. The molecular weight excluding hydrogens is 134 g/mol. The van der Waals surface area contributed by atoms with E-state index in [2.05, 4.69) is 5.32 Å². The molecule has 1 aliphatic rings. The first-order chi connectivity index (χ1) is 4.59. The van der Waals surface area contributed by atoms with E-state index < -0.39 is 17.2 Å². The van der Waals surface area contributed by atoms with Gasteiger partial charge in [-0.25, -0.2) is 0 Å². The summed E-state index contributed by atoms with van der Waals surface area (Å²) in [7, 11) is 0. The minimum Gasteiger partial charge on any atom is -0.369 e. The van der Waals surface area contributed by atoms with Crippen LogP contribution in [0.1, 0.15) is 0 Å². The van der Waals surface area contributed by atoms with E-state index in [9.17, 15) is 9.59 Å². The molecular formula is C5H9N3O2. The van der Waals surface area contributed by atoms with Gasteiger partial charge in [-0.2, -0.15) is 0 Å². The lowest BCUT2D eigenvalue weighted by molar-refractivity contribution is -0.143. The Morgan fingerprint density at radius 1 is 1.20 bits per heavy atom. The SMILES string of the molecule is NC(=O)C1(C(N)=O)CNC1. The van der Waals surface area contributed by atoms with Crippen LogP contribution in [0, 0.1) is 5.41 Å². The Kier molecular flexibility index (Phi) is 1.37. The summed E-state index contributed by atoms with van der Waals surface area (Å²) in [6, 6.07) is 0. The molecule has 1 heterocycles. The van der Waals surface area contributed by atoms with E-state index in [1.54, 1.807) is 0 Å². The second kappa shape index (κ2) is 1.95. The van der Waals surface area contributed by atoms with Gasteiger partial charge in [0.25, 0.3) is 0 Å². The number of nitrogens with two attached hydrogens (primary N) is 2. The van der Waals surface area contributed by atoms with Crippen molar-refractivity contribution in [1.82, 2.24) is 5.32 Å². The third-order valence-corrected chi connectivity index (χ3v) is 1.80. The molecule has 10 heavy (non-hydrogen) atoms. The quantitative estimate of drug-likeness (QED) is 0.374. The molecule has 0 aliphatic carbocycles. The number of hydrogen-bond acceptors (Lipinski definition) is 3. The molecule has 56 valence electrons. The zero-order valence-electron chi connectivity index (χ0n) is 5.39. The number of amides is 2. The molecule has 0 spiro atoms. The average molecular weight is 143 g/mol.